The highest BCUT2D eigenvalue weighted by atomic mass is 32.2. The van der Waals surface area contributed by atoms with Gasteiger partial charge in [0.2, 0.25) is 0 Å². The van der Waals surface area contributed by atoms with Crippen molar-refractivity contribution >= 4 is 23.5 Å². The highest BCUT2D eigenvalue weighted by Gasteiger charge is 2.28. The Morgan fingerprint density at radius 2 is 2.35 bits per heavy atom. The van der Waals surface area contributed by atoms with E-state index >= 15 is 0 Å². The first-order valence-corrected chi connectivity index (χ1v) is 9.03. The predicted octanol–water partition coefficient (Wildman–Crippen LogP) is 1.30. The number of rotatable bonds is 6. The number of aromatic nitrogens is 2. The van der Waals surface area contributed by atoms with Gasteiger partial charge >= 0.3 is 0 Å². The second kappa shape index (κ2) is 7.59. The summed E-state index contributed by atoms with van der Waals surface area (Å²) in [6.45, 7) is 1.78. The first kappa shape index (κ1) is 16.0. The van der Waals surface area contributed by atoms with E-state index in [1.54, 1.807) is 13.3 Å². The number of hydrogen-bond donors (Lipinski definition) is 1. The summed E-state index contributed by atoms with van der Waals surface area (Å²) in [5.74, 6) is 4.32. The summed E-state index contributed by atoms with van der Waals surface area (Å²) in [6, 6.07) is -0.0209. The SMILES string of the molecule is COc1cnn(CCN(C)C)c1C(N)C1CSCCS1. The molecule has 2 unspecified atom stereocenters. The van der Waals surface area contributed by atoms with E-state index in [1.165, 1.54) is 11.5 Å². The van der Waals surface area contributed by atoms with Crippen LogP contribution in [0.2, 0.25) is 0 Å². The van der Waals surface area contributed by atoms with Crippen LogP contribution in [-0.4, -0.2) is 64.9 Å². The van der Waals surface area contributed by atoms with Crippen LogP contribution in [0, 0.1) is 0 Å². The van der Waals surface area contributed by atoms with Gasteiger partial charge in [0.05, 0.1) is 31.6 Å². The molecule has 0 spiro atoms. The first-order valence-electron chi connectivity index (χ1n) is 6.83. The molecule has 1 aliphatic heterocycles. The largest absolute Gasteiger partial charge is 0.493 e. The molecule has 0 aliphatic carbocycles. The van der Waals surface area contributed by atoms with Gasteiger partial charge in [-0.1, -0.05) is 0 Å². The second-order valence-corrected chi connectivity index (χ2v) is 7.63. The van der Waals surface area contributed by atoms with Crippen molar-refractivity contribution < 1.29 is 4.74 Å². The average Bonchev–Trinajstić information content (AvgIpc) is 2.88. The molecule has 1 saturated heterocycles. The number of hydrogen-bond acceptors (Lipinski definition) is 6. The number of thioether (sulfide) groups is 2. The lowest BCUT2D eigenvalue weighted by Crippen LogP contribution is -2.32. The lowest BCUT2D eigenvalue weighted by molar-refractivity contribution is 0.361. The van der Waals surface area contributed by atoms with E-state index in [0.717, 1.165) is 30.3 Å². The van der Waals surface area contributed by atoms with Crippen molar-refractivity contribution in [3.8, 4) is 5.75 Å². The molecule has 2 rings (SSSR count). The zero-order chi connectivity index (χ0) is 14.5. The molecule has 0 aromatic carbocycles. The Kier molecular flexibility index (Phi) is 6.07. The monoisotopic (exact) mass is 316 g/mol. The van der Waals surface area contributed by atoms with Crippen molar-refractivity contribution in [2.24, 2.45) is 5.73 Å². The van der Waals surface area contributed by atoms with Gasteiger partial charge in [-0.25, -0.2) is 0 Å². The summed E-state index contributed by atoms with van der Waals surface area (Å²) in [7, 11) is 5.81. The molecule has 1 aliphatic rings. The molecule has 1 aromatic rings. The number of nitrogens with two attached hydrogens (primary N) is 1. The zero-order valence-electron chi connectivity index (χ0n) is 12.4. The average molecular weight is 316 g/mol. The van der Waals surface area contributed by atoms with Gasteiger partial charge in [-0.2, -0.15) is 28.6 Å². The topological polar surface area (TPSA) is 56.3 Å². The van der Waals surface area contributed by atoms with Crippen LogP contribution in [-0.2, 0) is 6.54 Å². The van der Waals surface area contributed by atoms with Crippen LogP contribution in [0.1, 0.15) is 11.7 Å². The Balaban J connectivity index is 2.16. The van der Waals surface area contributed by atoms with Gasteiger partial charge in [0.15, 0.2) is 5.75 Å². The van der Waals surface area contributed by atoms with Gasteiger partial charge in [-0.3, -0.25) is 4.68 Å². The minimum atomic E-state index is -0.0209. The minimum Gasteiger partial charge on any atom is -0.493 e. The first-order chi connectivity index (χ1) is 9.63. The highest BCUT2D eigenvalue weighted by molar-refractivity contribution is 8.06. The number of methoxy groups -OCH3 is 1. The molecule has 0 bridgehead atoms. The van der Waals surface area contributed by atoms with Crippen molar-refractivity contribution in [2.75, 3.05) is 45.0 Å². The second-order valence-electron chi connectivity index (χ2n) is 5.13. The maximum atomic E-state index is 6.51. The lowest BCUT2D eigenvalue weighted by Gasteiger charge is -2.27. The number of nitrogens with zero attached hydrogens (tertiary/aromatic N) is 3. The summed E-state index contributed by atoms with van der Waals surface area (Å²) in [4.78, 5) is 2.15. The molecule has 2 N–H and O–H groups in total. The standard InChI is InChI=1S/C13H24N4OS2/c1-16(2)4-5-17-13(10(18-3)8-15-17)12(14)11-9-19-6-7-20-11/h8,11-12H,4-7,9,14H2,1-3H3. The fraction of sp³-hybridized carbons (Fsp3) is 0.769. The lowest BCUT2D eigenvalue weighted by atomic mass is 10.1. The molecule has 0 amide bonds. The van der Waals surface area contributed by atoms with Crippen molar-refractivity contribution in [1.82, 2.24) is 14.7 Å². The molecule has 2 heterocycles. The van der Waals surface area contributed by atoms with Gasteiger partial charge in [-0.15, -0.1) is 0 Å². The van der Waals surface area contributed by atoms with E-state index < -0.39 is 0 Å². The molecule has 0 saturated carbocycles. The van der Waals surface area contributed by atoms with Crippen molar-refractivity contribution in [1.29, 1.82) is 0 Å². The van der Waals surface area contributed by atoms with Crippen LogP contribution in [0.25, 0.3) is 0 Å². The Bertz CT molecular complexity index is 419. The van der Waals surface area contributed by atoms with Gasteiger partial charge in [0.25, 0.3) is 0 Å². The molecule has 114 valence electrons. The molecule has 2 atom stereocenters. The number of likely N-dealkylation sites (N-methyl/N-ethyl adjacent to an activating group) is 1. The zero-order valence-corrected chi connectivity index (χ0v) is 14.0. The summed E-state index contributed by atoms with van der Waals surface area (Å²) >= 11 is 3.96. The summed E-state index contributed by atoms with van der Waals surface area (Å²) < 4.78 is 7.46. The molecule has 20 heavy (non-hydrogen) atoms. The van der Waals surface area contributed by atoms with Crippen LogP contribution in [0.5, 0.6) is 5.75 Å². The van der Waals surface area contributed by atoms with Crippen molar-refractivity contribution in [3.63, 3.8) is 0 Å². The van der Waals surface area contributed by atoms with Crippen LogP contribution < -0.4 is 10.5 Å². The van der Waals surface area contributed by atoms with Gasteiger partial charge in [0.1, 0.15) is 0 Å². The van der Waals surface area contributed by atoms with E-state index in [1.807, 2.05) is 28.2 Å². The Morgan fingerprint density at radius 3 is 2.95 bits per heavy atom. The van der Waals surface area contributed by atoms with Crippen molar-refractivity contribution in [2.45, 2.75) is 17.8 Å². The third-order valence-electron chi connectivity index (χ3n) is 3.38. The predicted molar refractivity (Wildman–Crippen MR) is 87.8 cm³/mol. The van der Waals surface area contributed by atoms with E-state index in [2.05, 4.69) is 24.1 Å². The smallest absolute Gasteiger partial charge is 0.161 e. The van der Waals surface area contributed by atoms with E-state index in [0.29, 0.717) is 5.25 Å². The van der Waals surface area contributed by atoms with Crippen LogP contribution in [0.15, 0.2) is 6.20 Å². The summed E-state index contributed by atoms with van der Waals surface area (Å²) in [6.07, 6.45) is 1.78. The maximum Gasteiger partial charge on any atom is 0.161 e. The minimum absolute atomic E-state index is 0.0209. The van der Waals surface area contributed by atoms with Crippen LogP contribution in [0.4, 0.5) is 0 Å². The van der Waals surface area contributed by atoms with Gasteiger partial charge in [-0.05, 0) is 14.1 Å². The fourth-order valence-corrected chi connectivity index (χ4v) is 5.01. The Morgan fingerprint density at radius 1 is 1.55 bits per heavy atom. The molecule has 1 fully saturated rings. The molecule has 5 nitrogen and oxygen atoms in total. The van der Waals surface area contributed by atoms with E-state index in [-0.39, 0.29) is 6.04 Å². The van der Waals surface area contributed by atoms with E-state index in [9.17, 15) is 0 Å². The van der Waals surface area contributed by atoms with Gasteiger partial charge < -0.3 is 15.4 Å². The summed E-state index contributed by atoms with van der Waals surface area (Å²) in [5.41, 5.74) is 7.55. The fourth-order valence-electron chi connectivity index (χ4n) is 2.23. The third-order valence-corrected chi connectivity index (χ3v) is 6.27. The molecular formula is C13H24N4OS2. The van der Waals surface area contributed by atoms with Crippen molar-refractivity contribution in [3.05, 3.63) is 11.9 Å². The summed E-state index contributed by atoms with van der Waals surface area (Å²) in [5, 5.41) is 4.89. The van der Waals surface area contributed by atoms with Crippen LogP contribution in [0.3, 0.4) is 0 Å². The highest BCUT2D eigenvalue weighted by Crippen LogP contribution is 2.35. The molecule has 1 aromatic heterocycles. The molecule has 0 radical (unpaired) electrons. The van der Waals surface area contributed by atoms with Gasteiger partial charge in [0, 0.05) is 29.1 Å². The molecule has 7 heteroatoms. The quantitative estimate of drug-likeness (QED) is 0.854. The van der Waals surface area contributed by atoms with E-state index in [4.69, 9.17) is 10.5 Å². The molecular weight excluding hydrogens is 292 g/mol. The Labute approximate surface area is 129 Å². The van der Waals surface area contributed by atoms with Crippen LogP contribution >= 0.6 is 23.5 Å². The number of ether oxygens (including phenoxy) is 1. The normalized spacial score (nSPS) is 21.1. The third kappa shape index (κ3) is 3.84. The maximum absolute atomic E-state index is 6.51. The Hall–Kier alpha value is -0.370.